The molecular weight excluding hydrogens is 272 g/mol. The lowest BCUT2D eigenvalue weighted by atomic mass is 9.92. The third-order valence-electron chi connectivity index (χ3n) is 4.00. The smallest absolute Gasteiger partial charge is 0.194 e. The first-order valence-corrected chi connectivity index (χ1v) is 8.14. The third kappa shape index (κ3) is 4.49. The highest BCUT2D eigenvalue weighted by molar-refractivity contribution is 5.80. The quantitative estimate of drug-likeness (QED) is 0.689. The van der Waals surface area contributed by atoms with Gasteiger partial charge < -0.3 is 10.2 Å². The zero-order valence-electron chi connectivity index (χ0n) is 13.8. The maximum Gasteiger partial charge on any atom is 0.194 e. The van der Waals surface area contributed by atoms with Crippen LogP contribution in [-0.4, -0.2) is 30.5 Å². The summed E-state index contributed by atoms with van der Waals surface area (Å²) in [7, 11) is 0. The minimum atomic E-state index is 0.646. The van der Waals surface area contributed by atoms with Gasteiger partial charge in [0, 0.05) is 19.6 Å². The molecule has 2 rings (SSSR count). The van der Waals surface area contributed by atoms with Crippen molar-refractivity contribution in [1.82, 2.24) is 10.2 Å². The largest absolute Gasteiger partial charge is 0.357 e. The van der Waals surface area contributed by atoms with Crippen molar-refractivity contribution in [3.8, 4) is 6.07 Å². The van der Waals surface area contributed by atoms with Gasteiger partial charge in [-0.15, -0.1) is 0 Å². The van der Waals surface area contributed by atoms with Crippen molar-refractivity contribution in [1.29, 1.82) is 5.26 Å². The van der Waals surface area contributed by atoms with Crippen LogP contribution in [0, 0.1) is 23.2 Å². The van der Waals surface area contributed by atoms with E-state index in [1.807, 2.05) is 24.3 Å². The summed E-state index contributed by atoms with van der Waals surface area (Å²) < 4.78 is 0. The summed E-state index contributed by atoms with van der Waals surface area (Å²) >= 11 is 0. The van der Waals surface area contributed by atoms with Gasteiger partial charge in [0.1, 0.15) is 0 Å². The third-order valence-corrected chi connectivity index (χ3v) is 4.00. The number of hydrogen-bond acceptors (Lipinski definition) is 2. The molecule has 1 aliphatic heterocycles. The summed E-state index contributed by atoms with van der Waals surface area (Å²) in [5.41, 5.74) is 1.82. The fraction of sp³-hybridized carbons (Fsp3) is 0.556. The van der Waals surface area contributed by atoms with Gasteiger partial charge in [0.25, 0.3) is 0 Å². The van der Waals surface area contributed by atoms with E-state index in [9.17, 15) is 0 Å². The first-order chi connectivity index (χ1) is 10.6. The van der Waals surface area contributed by atoms with E-state index in [0.29, 0.717) is 23.9 Å². The van der Waals surface area contributed by atoms with Crippen LogP contribution in [-0.2, 0) is 6.54 Å². The normalized spacial score (nSPS) is 22.3. The molecule has 0 spiro atoms. The molecule has 1 aromatic rings. The van der Waals surface area contributed by atoms with Crippen LogP contribution in [0.2, 0.25) is 0 Å². The Hall–Kier alpha value is -2.02. The molecule has 0 amide bonds. The average Bonchev–Trinajstić information content (AvgIpc) is 2.51. The Bertz CT molecular complexity index is 531. The fourth-order valence-electron chi connectivity index (χ4n) is 3.11. The lowest BCUT2D eigenvalue weighted by Crippen LogP contribution is -2.48. The second-order valence-electron chi connectivity index (χ2n) is 6.33. The topological polar surface area (TPSA) is 51.4 Å². The van der Waals surface area contributed by atoms with E-state index < -0.39 is 0 Å². The molecular formula is C18H26N4. The predicted octanol–water partition coefficient (Wildman–Crippen LogP) is 3.00. The monoisotopic (exact) mass is 298 g/mol. The predicted molar refractivity (Wildman–Crippen MR) is 90.5 cm³/mol. The molecule has 118 valence electrons. The van der Waals surface area contributed by atoms with Crippen LogP contribution in [0.5, 0.6) is 0 Å². The van der Waals surface area contributed by atoms with Crippen LogP contribution in [0.25, 0.3) is 0 Å². The van der Waals surface area contributed by atoms with Crippen LogP contribution in [0.1, 0.15) is 38.3 Å². The lowest BCUT2D eigenvalue weighted by Gasteiger charge is -2.37. The van der Waals surface area contributed by atoms with Gasteiger partial charge in [-0.1, -0.05) is 26.0 Å². The molecule has 1 saturated heterocycles. The van der Waals surface area contributed by atoms with Gasteiger partial charge in [-0.05, 0) is 42.9 Å². The average molecular weight is 298 g/mol. The molecule has 1 fully saturated rings. The summed E-state index contributed by atoms with van der Waals surface area (Å²) in [5.74, 6) is 2.43. The van der Waals surface area contributed by atoms with Crippen molar-refractivity contribution < 1.29 is 0 Å². The van der Waals surface area contributed by atoms with E-state index >= 15 is 0 Å². The summed E-state index contributed by atoms with van der Waals surface area (Å²) in [5, 5.41) is 12.3. The summed E-state index contributed by atoms with van der Waals surface area (Å²) in [6, 6.07) is 9.80. The molecule has 2 unspecified atom stereocenters. The highest BCUT2D eigenvalue weighted by Crippen LogP contribution is 2.21. The van der Waals surface area contributed by atoms with Gasteiger partial charge >= 0.3 is 0 Å². The standard InChI is InChI=1S/C18H26N4/c1-4-20-18(22-12-14(2)9-15(3)13-22)21-11-17-7-5-16(10-19)6-8-17/h5-8,14-15H,4,9,11-13H2,1-3H3,(H,20,21). The fourth-order valence-corrected chi connectivity index (χ4v) is 3.11. The molecule has 2 atom stereocenters. The van der Waals surface area contributed by atoms with Crippen molar-refractivity contribution >= 4 is 5.96 Å². The molecule has 0 bridgehead atoms. The van der Waals surface area contributed by atoms with Crippen LogP contribution in [0.15, 0.2) is 29.3 Å². The first-order valence-electron chi connectivity index (χ1n) is 8.14. The van der Waals surface area contributed by atoms with Gasteiger partial charge in [0.2, 0.25) is 0 Å². The van der Waals surface area contributed by atoms with E-state index in [0.717, 1.165) is 31.2 Å². The number of hydrogen-bond donors (Lipinski definition) is 1. The summed E-state index contributed by atoms with van der Waals surface area (Å²) in [6.45, 7) is 10.4. The van der Waals surface area contributed by atoms with E-state index in [4.69, 9.17) is 10.3 Å². The number of likely N-dealkylation sites (tertiary alicyclic amines) is 1. The Morgan fingerprint density at radius 2 is 1.91 bits per heavy atom. The Balaban J connectivity index is 2.07. The molecule has 22 heavy (non-hydrogen) atoms. The number of piperidine rings is 1. The molecule has 4 heteroatoms. The molecule has 1 aliphatic rings. The molecule has 1 aromatic carbocycles. The minimum Gasteiger partial charge on any atom is -0.357 e. The summed E-state index contributed by atoms with van der Waals surface area (Å²) in [4.78, 5) is 7.16. The maximum atomic E-state index is 8.84. The van der Waals surface area contributed by atoms with E-state index in [1.54, 1.807) is 0 Å². The van der Waals surface area contributed by atoms with Crippen molar-refractivity contribution in [2.45, 2.75) is 33.7 Å². The minimum absolute atomic E-state index is 0.646. The van der Waals surface area contributed by atoms with Crippen molar-refractivity contribution in [3.05, 3.63) is 35.4 Å². The molecule has 0 radical (unpaired) electrons. The number of benzene rings is 1. The van der Waals surface area contributed by atoms with Gasteiger partial charge in [-0.25, -0.2) is 4.99 Å². The zero-order chi connectivity index (χ0) is 15.9. The molecule has 1 N–H and O–H groups in total. The Labute approximate surface area is 133 Å². The second kappa shape index (κ2) is 7.84. The Morgan fingerprint density at radius 3 is 2.45 bits per heavy atom. The van der Waals surface area contributed by atoms with Gasteiger partial charge in [-0.2, -0.15) is 5.26 Å². The highest BCUT2D eigenvalue weighted by atomic mass is 15.3. The number of aliphatic imine (C=N–C) groups is 1. The van der Waals surface area contributed by atoms with Crippen LogP contribution < -0.4 is 5.32 Å². The maximum absolute atomic E-state index is 8.84. The molecule has 0 aromatic heterocycles. The number of nitrogens with zero attached hydrogens (tertiary/aromatic N) is 3. The molecule has 4 nitrogen and oxygen atoms in total. The van der Waals surface area contributed by atoms with Crippen LogP contribution in [0.3, 0.4) is 0 Å². The highest BCUT2D eigenvalue weighted by Gasteiger charge is 2.23. The van der Waals surface area contributed by atoms with Crippen molar-refractivity contribution in [2.75, 3.05) is 19.6 Å². The molecule has 0 aliphatic carbocycles. The molecule has 0 saturated carbocycles. The van der Waals surface area contributed by atoms with Crippen LogP contribution >= 0.6 is 0 Å². The summed E-state index contributed by atoms with van der Waals surface area (Å²) in [6.07, 6.45) is 1.30. The number of nitriles is 1. The number of nitrogens with one attached hydrogen (secondary N) is 1. The zero-order valence-corrected chi connectivity index (χ0v) is 13.8. The molecule has 1 heterocycles. The van der Waals surface area contributed by atoms with E-state index in [2.05, 4.69) is 37.1 Å². The second-order valence-corrected chi connectivity index (χ2v) is 6.33. The lowest BCUT2D eigenvalue weighted by molar-refractivity contribution is 0.208. The van der Waals surface area contributed by atoms with Crippen molar-refractivity contribution in [2.24, 2.45) is 16.8 Å². The number of guanidine groups is 1. The van der Waals surface area contributed by atoms with Crippen LogP contribution in [0.4, 0.5) is 0 Å². The van der Waals surface area contributed by atoms with Gasteiger partial charge in [-0.3, -0.25) is 0 Å². The Kier molecular flexibility index (Phi) is 5.83. The SMILES string of the molecule is CCNC(=NCc1ccc(C#N)cc1)N1CC(C)CC(C)C1. The first kappa shape index (κ1) is 16.4. The van der Waals surface area contributed by atoms with Crippen molar-refractivity contribution in [3.63, 3.8) is 0 Å². The van der Waals surface area contributed by atoms with Gasteiger partial charge in [0.05, 0.1) is 18.2 Å². The van der Waals surface area contributed by atoms with E-state index in [1.165, 1.54) is 6.42 Å². The Morgan fingerprint density at radius 1 is 1.27 bits per heavy atom. The van der Waals surface area contributed by atoms with Gasteiger partial charge in [0.15, 0.2) is 5.96 Å². The number of rotatable bonds is 3. The van der Waals surface area contributed by atoms with E-state index in [-0.39, 0.29) is 0 Å².